The summed E-state index contributed by atoms with van der Waals surface area (Å²) in [5.74, 6) is -1.98. The molecular formula is C25H17BrN2O6. The Labute approximate surface area is 202 Å². The lowest BCUT2D eigenvalue weighted by atomic mass is 10.1. The fraction of sp³-hybridized carbons (Fsp3) is 0.0400. The summed E-state index contributed by atoms with van der Waals surface area (Å²) < 4.78 is 6.37. The van der Waals surface area contributed by atoms with Gasteiger partial charge in [0.05, 0.1) is 15.7 Å². The first-order valence-electron chi connectivity index (χ1n) is 10.0. The van der Waals surface area contributed by atoms with Crippen LogP contribution in [0.2, 0.25) is 0 Å². The number of carbonyl (C=O) groups is 4. The molecule has 4 rings (SSSR count). The highest BCUT2D eigenvalue weighted by Crippen LogP contribution is 2.29. The number of nitrogens with zero attached hydrogens (tertiary/aromatic N) is 1. The quantitative estimate of drug-likeness (QED) is 0.368. The molecule has 1 fully saturated rings. The van der Waals surface area contributed by atoms with Crippen molar-refractivity contribution in [3.05, 3.63) is 99.5 Å². The minimum absolute atomic E-state index is 0.178. The van der Waals surface area contributed by atoms with Crippen molar-refractivity contribution in [1.29, 1.82) is 0 Å². The molecule has 3 aromatic carbocycles. The highest BCUT2D eigenvalue weighted by molar-refractivity contribution is 9.10. The van der Waals surface area contributed by atoms with Gasteiger partial charge in [-0.15, -0.1) is 0 Å². The maximum absolute atomic E-state index is 12.9. The van der Waals surface area contributed by atoms with Crippen LogP contribution in [-0.2, 0) is 16.2 Å². The number of carboxylic acids is 1. The molecule has 1 aliphatic rings. The van der Waals surface area contributed by atoms with Crippen LogP contribution in [-0.4, -0.2) is 28.9 Å². The average Bonchev–Trinajstić information content (AvgIpc) is 2.82. The van der Waals surface area contributed by atoms with Crippen LogP contribution in [0.15, 0.2) is 82.8 Å². The summed E-state index contributed by atoms with van der Waals surface area (Å²) in [5.41, 5.74) is 1.70. The zero-order valence-electron chi connectivity index (χ0n) is 17.5. The number of ether oxygens (including phenoxy) is 1. The lowest BCUT2D eigenvalue weighted by molar-refractivity contribution is -0.122. The number of carbonyl (C=O) groups excluding carboxylic acids is 3. The van der Waals surface area contributed by atoms with Gasteiger partial charge in [-0.25, -0.2) is 14.5 Å². The van der Waals surface area contributed by atoms with Gasteiger partial charge in [-0.05, 0) is 69.5 Å². The van der Waals surface area contributed by atoms with E-state index in [1.165, 1.54) is 18.2 Å². The number of carboxylic acid groups (broad SMARTS) is 1. The fourth-order valence-electron chi connectivity index (χ4n) is 3.26. The number of anilines is 1. The van der Waals surface area contributed by atoms with Gasteiger partial charge in [0, 0.05) is 0 Å². The molecule has 3 aromatic rings. The number of rotatable bonds is 6. The van der Waals surface area contributed by atoms with Gasteiger partial charge in [-0.3, -0.25) is 14.9 Å². The highest BCUT2D eigenvalue weighted by Gasteiger charge is 2.36. The minimum atomic E-state index is -0.999. The third kappa shape index (κ3) is 4.89. The Morgan fingerprint density at radius 1 is 1.00 bits per heavy atom. The summed E-state index contributed by atoms with van der Waals surface area (Å²) in [4.78, 5) is 49.4. The summed E-state index contributed by atoms with van der Waals surface area (Å²) in [6.07, 6.45) is 1.40. The predicted octanol–water partition coefficient (Wildman–Crippen LogP) is 4.39. The summed E-state index contributed by atoms with van der Waals surface area (Å²) in [6, 6.07) is 18.9. The number of nitrogens with one attached hydrogen (secondary N) is 1. The van der Waals surface area contributed by atoms with Gasteiger partial charge < -0.3 is 9.84 Å². The van der Waals surface area contributed by atoms with Crippen LogP contribution in [0.1, 0.15) is 21.5 Å². The SMILES string of the molecule is O=C1NC(=O)N(c2ccccc2)C(=O)/C1=C/c1ccc(OCc2ccc(C(=O)O)cc2)c(Br)c1. The molecule has 34 heavy (non-hydrogen) atoms. The molecule has 8 nitrogen and oxygen atoms in total. The Morgan fingerprint density at radius 3 is 2.35 bits per heavy atom. The van der Waals surface area contributed by atoms with Crippen LogP contribution in [0.25, 0.3) is 6.08 Å². The van der Waals surface area contributed by atoms with Gasteiger partial charge in [0.2, 0.25) is 0 Å². The summed E-state index contributed by atoms with van der Waals surface area (Å²) >= 11 is 3.42. The molecule has 9 heteroatoms. The van der Waals surface area contributed by atoms with Gasteiger partial charge in [-0.1, -0.05) is 36.4 Å². The van der Waals surface area contributed by atoms with Crippen molar-refractivity contribution in [2.45, 2.75) is 6.61 Å². The first-order chi connectivity index (χ1) is 16.3. The second kappa shape index (κ2) is 9.72. The van der Waals surface area contributed by atoms with Crippen molar-refractivity contribution >= 4 is 51.5 Å². The molecule has 0 spiro atoms. The second-order valence-corrected chi connectivity index (χ2v) is 8.13. The van der Waals surface area contributed by atoms with E-state index in [-0.39, 0.29) is 17.7 Å². The monoisotopic (exact) mass is 520 g/mol. The largest absolute Gasteiger partial charge is 0.488 e. The number of urea groups is 1. The molecule has 2 N–H and O–H groups in total. The second-order valence-electron chi connectivity index (χ2n) is 7.27. The van der Waals surface area contributed by atoms with E-state index in [1.54, 1.807) is 60.7 Å². The number of hydrogen-bond acceptors (Lipinski definition) is 5. The fourth-order valence-corrected chi connectivity index (χ4v) is 3.78. The molecule has 1 heterocycles. The molecule has 0 atom stereocenters. The van der Waals surface area contributed by atoms with Gasteiger partial charge in [0.25, 0.3) is 11.8 Å². The smallest absolute Gasteiger partial charge is 0.335 e. The van der Waals surface area contributed by atoms with Crippen LogP contribution in [0.3, 0.4) is 0 Å². The number of barbiturate groups is 1. The Morgan fingerprint density at radius 2 is 1.71 bits per heavy atom. The van der Waals surface area contributed by atoms with E-state index in [9.17, 15) is 19.2 Å². The zero-order valence-corrected chi connectivity index (χ0v) is 19.1. The Kier molecular flexibility index (Phi) is 6.55. The molecule has 4 amide bonds. The Hall–Kier alpha value is -4.24. The van der Waals surface area contributed by atoms with Crippen molar-refractivity contribution in [1.82, 2.24) is 5.32 Å². The lowest BCUT2D eigenvalue weighted by Gasteiger charge is -2.26. The van der Waals surface area contributed by atoms with Crippen molar-refractivity contribution in [2.24, 2.45) is 0 Å². The maximum Gasteiger partial charge on any atom is 0.335 e. The summed E-state index contributed by atoms with van der Waals surface area (Å²) in [7, 11) is 0. The van der Waals surface area contributed by atoms with Crippen molar-refractivity contribution in [2.75, 3.05) is 4.90 Å². The van der Waals surface area contributed by atoms with Gasteiger partial charge in [0.1, 0.15) is 17.9 Å². The molecule has 0 bridgehead atoms. The number of hydrogen-bond donors (Lipinski definition) is 2. The van der Waals surface area contributed by atoms with E-state index >= 15 is 0 Å². The Balaban J connectivity index is 1.52. The van der Waals surface area contributed by atoms with Crippen LogP contribution >= 0.6 is 15.9 Å². The molecule has 0 unspecified atom stereocenters. The van der Waals surface area contributed by atoms with Gasteiger partial charge in [-0.2, -0.15) is 0 Å². The molecule has 0 aliphatic carbocycles. The topological polar surface area (TPSA) is 113 Å². The van der Waals surface area contributed by atoms with Crippen LogP contribution in [0, 0.1) is 0 Å². The number of amides is 4. The van der Waals surface area contributed by atoms with E-state index in [2.05, 4.69) is 21.2 Å². The van der Waals surface area contributed by atoms with Crippen LogP contribution < -0.4 is 15.0 Å². The molecule has 0 radical (unpaired) electrons. The maximum atomic E-state index is 12.9. The number of aromatic carboxylic acids is 1. The third-order valence-electron chi connectivity index (χ3n) is 4.98. The average molecular weight is 521 g/mol. The normalized spacial score (nSPS) is 14.8. The minimum Gasteiger partial charge on any atom is -0.488 e. The lowest BCUT2D eigenvalue weighted by Crippen LogP contribution is -2.54. The number of benzene rings is 3. The van der Waals surface area contributed by atoms with Crippen molar-refractivity contribution in [3.8, 4) is 5.75 Å². The standard InChI is InChI=1S/C25H17BrN2O6/c26-20-13-16(8-11-21(20)34-14-15-6-9-17(10-7-15)24(31)32)12-19-22(29)27-25(33)28(23(19)30)18-4-2-1-3-5-18/h1-13H,14H2,(H,31,32)(H,27,29,33)/b19-12+. The molecule has 170 valence electrons. The van der Waals surface area contributed by atoms with Crippen LogP contribution in [0.4, 0.5) is 10.5 Å². The highest BCUT2D eigenvalue weighted by atomic mass is 79.9. The number of halogens is 1. The van der Waals surface area contributed by atoms with E-state index in [1.807, 2.05) is 0 Å². The first kappa shape index (κ1) is 22.9. The zero-order chi connectivity index (χ0) is 24.2. The summed E-state index contributed by atoms with van der Waals surface area (Å²) in [6.45, 7) is 0.216. The third-order valence-corrected chi connectivity index (χ3v) is 5.60. The number of para-hydroxylation sites is 1. The summed E-state index contributed by atoms with van der Waals surface area (Å²) in [5, 5.41) is 11.2. The van der Waals surface area contributed by atoms with E-state index in [4.69, 9.17) is 9.84 Å². The van der Waals surface area contributed by atoms with Crippen LogP contribution in [0.5, 0.6) is 5.75 Å². The number of imide groups is 2. The predicted molar refractivity (Wildman–Crippen MR) is 127 cm³/mol. The van der Waals surface area contributed by atoms with E-state index in [0.717, 1.165) is 10.5 Å². The van der Waals surface area contributed by atoms with Gasteiger partial charge >= 0.3 is 12.0 Å². The van der Waals surface area contributed by atoms with Crippen molar-refractivity contribution < 1.29 is 29.0 Å². The van der Waals surface area contributed by atoms with E-state index < -0.39 is 23.8 Å². The molecule has 1 saturated heterocycles. The molecular weight excluding hydrogens is 504 g/mol. The molecule has 0 aromatic heterocycles. The van der Waals surface area contributed by atoms with Gasteiger partial charge in [0.15, 0.2) is 0 Å². The molecule has 0 saturated carbocycles. The molecule has 1 aliphatic heterocycles. The van der Waals surface area contributed by atoms with Crippen molar-refractivity contribution in [3.63, 3.8) is 0 Å². The Bertz CT molecular complexity index is 1320. The van der Waals surface area contributed by atoms with E-state index in [0.29, 0.717) is 21.5 Å². The first-order valence-corrected chi connectivity index (χ1v) is 10.8.